The van der Waals surface area contributed by atoms with Gasteiger partial charge in [-0.05, 0) is 12.8 Å². The fraction of sp³-hybridized carbons (Fsp3) is 0.600. The van der Waals surface area contributed by atoms with Crippen molar-refractivity contribution in [2.24, 2.45) is 5.73 Å². The van der Waals surface area contributed by atoms with Crippen LogP contribution in [0.1, 0.15) is 31.2 Å². The van der Waals surface area contributed by atoms with Crippen LogP contribution in [0.4, 0.5) is 5.82 Å². The summed E-state index contributed by atoms with van der Waals surface area (Å²) in [5.41, 5.74) is 5.90. The summed E-state index contributed by atoms with van der Waals surface area (Å²) in [7, 11) is -3.59. The van der Waals surface area contributed by atoms with E-state index in [-0.39, 0.29) is 10.8 Å². The lowest BCUT2D eigenvalue weighted by molar-refractivity contribution is 0.427. The summed E-state index contributed by atoms with van der Waals surface area (Å²) in [4.78, 5) is 0.0994. The Labute approximate surface area is 117 Å². The summed E-state index contributed by atoms with van der Waals surface area (Å²) < 4.78 is 28.4. The fourth-order valence-corrected chi connectivity index (χ4v) is 3.46. The summed E-state index contributed by atoms with van der Waals surface area (Å²) in [6, 6.07) is 0. The van der Waals surface area contributed by atoms with Crippen molar-refractivity contribution in [2.75, 3.05) is 17.8 Å². The monoisotopic (exact) mass is 303 g/mol. The first-order chi connectivity index (χ1) is 9.00. The van der Waals surface area contributed by atoms with Crippen molar-refractivity contribution in [1.82, 2.24) is 14.5 Å². The molecule has 1 aromatic heterocycles. The van der Waals surface area contributed by atoms with Gasteiger partial charge < -0.3 is 5.73 Å². The molecule has 9 heteroatoms. The second-order valence-electron chi connectivity index (χ2n) is 4.44. The Morgan fingerprint density at radius 3 is 2.58 bits per heavy atom. The highest BCUT2D eigenvalue weighted by molar-refractivity contribution is 7.90. The molecule has 0 amide bonds. The maximum absolute atomic E-state index is 12.3. The normalized spacial score (nSPS) is 17.9. The molecule has 0 atom stereocenters. The topological polar surface area (TPSA) is 104 Å². The Balaban J connectivity index is 2.16. The first kappa shape index (κ1) is 14.2. The van der Waals surface area contributed by atoms with E-state index >= 15 is 0 Å². The Bertz CT molecular complexity index is 546. The van der Waals surface area contributed by atoms with Gasteiger partial charge in [0.1, 0.15) is 10.8 Å². The van der Waals surface area contributed by atoms with E-state index in [0.29, 0.717) is 18.7 Å². The molecular formula is C10H17N5O2S2. The predicted octanol–water partition coefficient (Wildman–Crippen LogP) is 0.577. The number of nitrogens with zero attached hydrogens (tertiary/aromatic N) is 2. The summed E-state index contributed by atoms with van der Waals surface area (Å²) in [6.45, 7) is 1.07. The minimum atomic E-state index is -3.59. The molecule has 1 aromatic rings. The van der Waals surface area contributed by atoms with Crippen LogP contribution in [-0.2, 0) is 10.2 Å². The van der Waals surface area contributed by atoms with E-state index in [0.717, 1.165) is 25.7 Å². The van der Waals surface area contributed by atoms with E-state index in [1.54, 1.807) is 0 Å². The largest absolute Gasteiger partial charge is 0.389 e. The van der Waals surface area contributed by atoms with Crippen molar-refractivity contribution in [3.8, 4) is 0 Å². The zero-order valence-electron chi connectivity index (χ0n) is 10.4. The highest BCUT2D eigenvalue weighted by atomic mass is 32.2. The number of thiocarbonyl (C=S) groups is 1. The molecule has 0 aliphatic carbocycles. The minimum absolute atomic E-state index is 0.0994. The van der Waals surface area contributed by atoms with Crippen LogP contribution in [0.15, 0.2) is 6.20 Å². The smallest absolute Gasteiger partial charge is 0.302 e. The molecule has 0 aromatic carbocycles. The van der Waals surface area contributed by atoms with Gasteiger partial charge in [0, 0.05) is 13.1 Å². The van der Waals surface area contributed by atoms with E-state index in [1.165, 1.54) is 10.5 Å². The van der Waals surface area contributed by atoms with Gasteiger partial charge in [-0.3, -0.25) is 9.82 Å². The van der Waals surface area contributed by atoms with Crippen molar-refractivity contribution < 1.29 is 8.42 Å². The molecule has 19 heavy (non-hydrogen) atoms. The first-order valence-corrected chi connectivity index (χ1v) is 7.96. The standard InChI is InChI=1S/C10H17N5O2S2/c11-9(18)8-7-12-13-10(8)14-19(16,17)15-5-3-1-2-4-6-15/h7H,1-6H2,(H2,11,18)(H2,12,13,14). The van der Waals surface area contributed by atoms with E-state index < -0.39 is 10.2 Å². The summed E-state index contributed by atoms with van der Waals surface area (Å²) in [5, 5.41) is 6.32. The molecule has 0 spiro atoms. The number of hydrogen-bond acceptors (Lipinski definition) is 4. The van der Waals surface area contributed by atoms with Crippen LogP contribution in [0, 0.1) is 0 Å². The molecule has 0 unspecified atom stereocenters. The number of aromatic amines is 1. The van der Waals surface area contributed by atoms with E-state index in [2.05, 4.69) is 14.9 Å². The van der Waals surface area contributed by atoms with Crippen molar-refractivity contribution in [3.63, 3.8) is 0 Å². The van der Waals surface area contributed by atoms with Crippen LogP contribution >= 0.6 is 12.2 Å². The first-order valence-electron chi connectivity index (χ1n) is 6.12. The highest BCUT2D eigenvalue weighted by Gasteiger charge is 2.24. The van der Waals surface area contributed by atoms with Gasteiger partial charge in [-0.15, -0.1) is 0 Å². The molecule has 1 saturated heterocycles. The Morgan fingerprint density at radius 1 is 1.37 bits per heavy atom. The van der Waals surface area contributed by atoms with Crippen LogP contribution in [0.5, 0.6) is 0 Å². The molecule has 1 aliphatic rings. The minimum Gasteiger partial charge on any atom is -0.389 e. The lowest BCUT2D eigenvalue weighted by Crippen LogP contribution is -2.37. The van der Waals surface area contributed by atoms with E-state index in [9.17, 15) is 8.42 Å². The molecule has 4 N–H and O–H groups in total. The Hall–Kier alpha value is -1.19. The Kier molecular flexibility index (Phi) is 4.38. The maximum atomic E-state index is 12.3. The lowest BCUT2D eigenvalue weighted by Gasteiger charge is -2.20. The zero-order valence-corrected chi connectivity index (χ0v) is 12.1. The van der Waals surface area contributed by atoms with Gasteiger partial charge in [0.25, 0.3) is 0 Å². The van der Waals surface area contributed by atoms with Crippen LogP contribution in [0.2, 0.25) is 0 Å². The van der Waals surface area contributed by atoms with Crippen molar-refractivity contribution >= 4 is 33.2 Å². The third kappa shape index (κ3) is 3.43. The third-order valence-corrected chi connectivity index (χ3v) is 4.77. The number of rotatable bonds is 4. The van der Waals surface area contributed by atoms with Crippen LogP contribution in [-0.4, -0.2) is 41.0 Å². The molecule has 2 heterocycles. The molecule has 2 rings (SSSR count). The molecule has 0 bridgehead atoms. The number of aromatic nitrogens is 2. The van der Waals surface area contributed by atoms with E-state index in [4.69, 9.17) is 18.0 Å². The Morgan fingerprint density at radius 2 is 2.00 bits per heavy atom. The second-order valence-corrected chi connectivity index (χ2v) is 6.55. The number of H-pyrrole nitrogens is 1. The molecule has 1 aliphatic heterocycles. The van der Waals surface area contributed by atoms with Crippen LogP contribution < -0.4 is 10.5 Å². The van der Waals surface area contributed by atoms with Crippen molar-refractivity contribution in [1.29, 1.82) is 0 Å². The van der Waals surface area contributed by atoms with Crippen molar-refractivity contribution in [2.45, 2.75) is 25.7 Å². The average molecular weight is 303 g/mol. The molecule has 106 valence electrons. The number of nitrogens with two attached hydrogens (primary N) is 1. The third-order valence-electron chi connectivity index (χ3n) is 3.04. The number of nitrogens with one attached hydrogen (secondary N) is 2. The quantitative estimate of drug-likeness (QED) is 0.706. The lowest BCUT2D eigenvalue weighted by atomic mass is 10.2. The van der Waals surface area contributed by atoms with Gasteiger partial charge in [-0.2, -0.15) is 17.8 Å². The van der Waals surface area contributed by atoms with E-state index in [1.807, 2.05) is 0 Å². The second kappa shape index (κ2) is 5.85. The molecule has 0 radical (unpaired) electrons. The molecule has 7 nitrogen and oxygen atoms in total. The molecule has 1 fully saturated rings. The summed E-state index contributed by atoms with van der Waals surface area (Å²) in [5.74, 6) is 0.219. The van der Waals surface area contributed by atoms with Gasteiger partial charge in [0.15, 0.2) is 0 Å². The SMILES string of the molecule is NC(=S)c1cn[nH]c1NS(=O)(=O)N1CCCCCC1. The van der Waals surface area contributed by atoms with Gasteiger partial charge in [0.05, 0.1) is 11.8 Å². The molecular weight excluding hydrogens is 286 g/mol. The average Bonchev–Trinajstić information content (AvgIpc) is 2.63. The highest BCUT2D eigenvalue weighted by Crippen LogP contribution is 2.17. The predicted molar refractivity (Wildman–Crippen MR) is 77.1 cm³/mol. The van der Waals surface area contributed by atoms with Crippen LogP contribution in [0.25, 0.3) is 0 Å². The number of anilines is 1. The van der Waals surface area contributed by atoms with Crippen molar-refractivity contribution in [3.05, 3.63) is 11.8 Å². The van der Waals surface area contributed by atoms with Gasteiger partial charge >= 0.3 is 10.2 Å². The number of hydrogen-bond donors (Lipinski definition) is 3. The van der Waals surface area contributed by atoms with Gasteiger partial charge in [-0.25, -0.2) is 0 Å². The molecule has 0 saturated carbocycles. The van der Waals surface area contributed by atoms with Gasteiger partial charge in [-0.1, -0.05) is 25.1 Å². The summed E-state index contributed by atoms with van der Waals surface area (Å²) >= 11 is 4.84. The summed E-state index contributed by atoms with van der Waals surface area (Å²) in [6.07, 6.45) is 5.29. The fourth-order valence-electron chi connectivity index (χ4n) is 2.03. The van der Waals surface area contributed by atoms with Gasteiger partial charge in [0.2, 0.25) is 0 Å². The van der Waals surface area contributed by atoms with Crippen LogP contribution in [0.3, 0.4) is 0 Å². The maximum Gasteiger partial charge on any atom is 0.302 e. The zero-order chi connectivity index (χ0) is 13.9.